The summed E-state index contributed by atoms with van der Waals surface area (Å²) in [5.41, 5.74) is 1.52. The Kier molecular flexibility index (Phi) is 6.78. The molecule has 1 saturated heterocycles. The number of nitro groups is 1. The molecule has 0 N–H and O–H groups in total. The molecule has 0 aromatic heterocycles. The molecule has 1 aliphatic heterocycles. The van der Waals surface area contributed by atoms with Crippen LogP contribution in [0.2, 0.25) is 0 Å². The van der Waals surface area contributed by atoms with Crippen LogP contribution in [0.5, 0.6) is 5.75 Å². The van der Waals surface area contributed by atoms with Crippen molar-refractivity contribution in [3.63, 3.8) is 0 Å². The molecule has 0 spiro atoms. The fraction of sp³-hybridized carbons (Fsp3) is 0.300. The van der Waals surface area contributed by atoms with Gasteiger partial charge >= 0.3 is 6.09 Å². The van der Waals surface area contributed by atoms with E-state index in [1.807, 2.05) is 24.3 Å². The number of hydrogen-bond donors (Lipinski definition) is 0. The van der Waals surface area contributed by atoms with Gasteiger partial charge in [0.15, 0.2) is 5.88 Å². The molecule has 1 fully saturated rings. The van der Waals surface area contributed by atoms with Crippen LogP contribution in [0.25, 0.3) is 0 Å². The number of nitro benzene ring substituents is 1. The van der Waals surface area contributed by atoms with Crippen LogP contribution in [-0.4, -0.2) is 46.7 Å². The summed E-state index contributed by atoms with van der Waals surface area (Å²) in [5.74, 6) is 0.634. The lowest BCUT2D eigenvalue weighted by Gasteiger charge is -2.20. The molecular formula is C20H20N2O7S. The minimum atomic E-state index is -1.31. The van der Waals surface area contributed by atoms with E-state index in [2.05, 4.69) is 0 Å². The highest BCUT2D eigenvalue weighted by molar-refractivity contribution is 7.96. The molecule has 10 heteroatoms. The maximum atomic E-state index is 12.5. The van der Waals surface area contributed by atoms with Gasteiger partial charge in [0.1, 0.15) is 29.9 Å². The minimum absolute atomic E-state index is 0.0655. The molecule has 0 bridgehead atoms. The lowest BCUT2D eigenvalue weighted by Crippen LogP contribution is -2.48. The highest BCUT2D eigenvalue weighted by atomic mass is 32.2. The Labute approximate surface area is 175 Å². The molecule has 1 unspecified atom stereocenters. The molecular weight excluding hydrogens is 412 g/mol. The number of aliphatic carboxylic acids is 1. The van der Waals surface area contributed by atoms with Gasteiger partial charge in [0, 0.05) is 28.6 Å². The summed E-state index contributed by atoms with van der Waals surface area (Å²) in [7, 11) is 1.23. The Morgan fingerprint density at radius 2 is 1.77 bits per heavy atom. The van der Waals surface area contributed by atoms with Gasteiger partial charge in [-0.05, 0) is 29.8 Å². The maximum absolute atomic E-state index is 12.5. The molecule has 0 radical (unpaired) electrons. The van der Waals surface area contributed by atoms with E-state index in [0.29, 0.717) is 17.1 Å². The zero-order valence-electron chi connectivity index (χ0n) is 16.2. The molecule has 2 aromatic carbocycles. The van der Waals surface area contributed by atoms with Crippen molar-refractivity contribution in [2.24, 2.45) is 0 Å². The number of ether oxygens (including phenoxy) is 2. The first-order valence-corrected chi connectivity index (χ1v) is 10.7. The predicted octanol–water partition coefficient (Wildman–Crippen LogP) is 1.45. The lowest BCUT2D eigenvalue weighted by molar-refractivity contribution is -0.384. The average molecular weight is 432 g/mol. The van der Waals surface area contributed by atoms with Crippen molar-refractivity contribution in [3.05, 3.63) is 69.8 Å². The van der Waals surface area contributed by atoms with Gasteiger partial charge in [-0.2, -0.15) is 0 Å². The van der Waals surface area contributed by atoms with E-state index in [-0.39, 0.29) is 29.1 Å². The maximum Gasteiger partial charge on any atom is 0.414 e. The van der Waals surface area contributed by atoms with Crippen molar-refractivity contribution < 1.29 is 29.1 Å². The second-order valence-electron chi connectivity index (χ2n) is 6.68. The number of amides is 1. The van der Waals surface area contributed by atoms with Gasteiger partial charge in [-0.25, -0.2) is 4.79 Å². The van der Waals surface area contributed by atoms with Crippen molar-refractivity contribution >= 4 is 28.6 Å². The molecule has 30 heavy (non-hydrogen) atoms. The second kappa shape index (κ2) is 9.49. The van der Waals surface area contributed by atoms with E-state index in [1.165, 1.54) is 29.2 Å². The van der Waals surface area contributed by atoms with Crippen LogP contribution in [0.1, 0.15) is 11.1 Å². The lowest BCUT2D eigenvalue weighted by atomic mass is 10.2. The summed E-state index contributed by atoms with van der Waals surface area (Å²) in [6.45, 7) is -0.112. The third kappa shape index (κ3) is 5.20. The number of methoxy groups -OCH3 is 1. The summed E-state index contributed by atoms with van der Waals surface area (Å²) in [4.78, 5) is 35.4. The Bertz CT molecular complexity index is 918. The molecule has 0 saturated carbocycles. The largest absolute Gasteiger partial charge is 0.548 e. The third-order valence-electron chi connectivity index (χ3n) is 4.64. The van der Waals surface area contributed by atoms with E-state index >= 15 is 0 Å². The van der Waals surface area contributed by atoms with E-state index in [4.69, 9.17) is 9.47 Å². The fourth-order valence-electron chi connectivity index (χ4n) is 3.03. The monoisotopic (exact) mass is 432 g/mol. The zero-order valence-corrected chi connectivity index (χ0v) is 17.0. The summed E-state index contributed by atoms with van der Waals surface area (Å²) >= 11 is 0. The van der Waals surface area contributed by atoms with Crippen LogP contribution in [0.4, 0.5) is 10.5 Å². The standard InChI is InChI=1S/C20H20N2O7S/c1-28-17-8-4-15(5-9-17)11-30-12-18(19(23)24)21(13-30)20(25)29-10-14-2-6-16(7-3-14)22(26)27/h2-9,18H,10-13H2,1H3/t18-,30?/m1/s1. The third-order valence-corrected chi connectivity index (χ3v) is 6.81. The first-order valence-electron chi connectivity index (χ1n) is 9.02. The molecule has 1 amide bonds. The summed E-state index contributed by atoms with van der Waals surface area (Å²) in [6, 6.07) is 12.0. The van der Waals surface area contributed by atoms with Gasteiger partial charge in [0.05, 0.1) is 18.0 Å². The van der Waals surface area contributed by atoms with E-state index in [9.17, 15) is 24.8 Å². The van der Waals surface area contributed by atoms with Crippen LogP contribution < -0.4 is 9.84 Å². The zero-order chi connectivity index (χ0) is 21.7. The van der Waals surface area contributed by atoms with Gasteiger partial charge in [-0.15, -0.1) is 0 Å². The molecule has 2 atom stereocenters. The van der Waals surface area contributed by atoms with Crippen molar-refractivity contribution in [1.29, 1.82) is 0 Å². The topological polar surface area (TPSA) is 122 Å². The molecule has 0 aliphatic carbocycles. The SMILES string of the molecule is COc1ccc(C[S+]2C[C@H](C(=O)[O-])N(C(=O)OCc3ccc([N+](=O)[O-])cc3)C2)cc1. The Morgan fingerprint density at radius 1 is 1.13 bits per heavy atom. The first kappa shape index (κ1) is 21.4. The number of hydrogen-bond acceptors (Lipinski definition) is 7. The van der Waals surface area contributed by atoms with Crippen molar-refractivity contribution in [1.82, 2.24) is 4.90 Å². The number of carbonyl (C=O) groups is 2. The molecule has 158 valence electrons. The summed E-state index contributed by atoms with van der Waals surface area (Å²) in [5, 5.41) is 22.2. The van der Waals surface area contributed by atoms with Crippen LogP contribution in [0, 0.1) is 10.1 Å². The highest BCUT2D eigenvalue weighted by Gasteiger charge is 2.43. The van der Waals surface area contributed by atoms with Crippen LogP contribution in [0.3, 0.4) is 0 Å². The Hall–Kier alpha value is -3.27. The fourth-order valence-corrected chi connectivity index (χ4v) is 5.45. The second-order valence-corrected chi connectivity index (χ2v) is 8.79. The molecule has 3 rings (SSSR count). The van der Waals surface area contributed by atoms with Gasteiger partial charge < -0.3 is 19.4 Å². The smallest absolute Gasteiger partial charge is 0.414 e. The van der Waals surface area contributed by atoms with Crippen LogP contribution in [-0.2, 0) is 32.8 Å². The van der Waals surface area contributed by atoms with Gasteiger partial charge in [0.2, 0.25) is 0 Å². The number of non-ortho nitro benzene ring substituents is 1. The van der Waals surface area contributed by atoms with Crippen molar-refractivity contribution in [2.75, 3.05) is 18.7 Å². The van der Waals surface area contributed by atoms with Crippen LogP contribution in [0.15, 0.2) is 48.5 Å². The van der Waals surface area contributed by atoms with Gasteiger partial charge in [-0.3, -0.25) is 15.0 Å². The molecule has 9 nitrogen and oxygen atoms in total. The molecule has 1 aliphatic rings. The summed E-state index contributed by atoms with van der Waals surface area (Å²) < 4.78 is 10.4. The quantitative estimate of drug-likeness (QED) is 0.369. The minimum Gasteiger partial charge on any atom is -0.548 e. The van der Waals surface area contributed by atoms with E-state index in [0.717, 1.165) is 11.3 Å². The number of rotatable bonds is 7. The normalized spacial score (nSPS) is 18.1. The number of nitrogens with zero attached hydrogens (tertiary/aromatic N) is 2. The first-order chi connectivity index (χ1) is 14.4. The van der Waals surface area contributed by atoms with Gasteiger partial charge in [0.25, 0.3) is 5.69 Å². The summed E-state index contributed by atoms with van der Waals surface area (Å²) in [6.07, 6.45) is -0.743. The van der Waals surface area contributed by atoms with Crippen LogP contribution >= 0.6 is 0 Å². The number of carboxylic acids is 1. The number of carbonyl (C=O) groups excluding carboxylic acids is 2. The molecule has 2 aromatic rings. The van der Waals surface area contributed by atoms with Crippen molar-refractivity contribution in [3.8, 4) is 5.75 Å². The number of benzene rings is 2. The van der Waals surface area contributed by atoms with Gasteiger partial charge in [-0.1, -0.05) is 12.1 Å². The average Bonchev–Trinajstić information content (AvgIpc) is 3.17. The van der Waals surface area contributed by atoms with E-state index in [1.54, 1.807) is 7.11 Å². The Morgan fingerprint density at radius 3 is 2.33 bits per heavy atom. The van der Waals surface area contributed by atoms with E-state index < -0.39 is 23.0 Å². The molecule has 1 heterocycles. The predicted molar refractivity (Wildman–Crippen MR) is 108 cm³/mol. The number of carboxylic acid groups (broad SMARTS) is 1. The van der Waals surface area contributed by atoms with Crippen molar-refractivity contribution in [2.45, 2.75) is 18.4 Å². The highest BCUT2D eigenvalue weighted by Crippen LogP contribution is 2.24. The Balaban J connectivity index is 1.60.